The minimum absolute atomic E-state index is 0.126. The third kappa shape index (κ3) is 3.81. The van der Waals surface area contributed by atoms with E-state index < -0.39 is 5.97 Å². The second kappa shape index (κ2) is 8.61. The van der Waals surface area contributed by atoms with Crippen molar-refractivity contribution in [3.8, 4) is 0 Å². The number of rotatable bonds is 4. The number of carbonyl (C=O) groups is 2. The van der Waals surface area contributed by atoms with Crippen molar-refractivity contribution in [2.75, 3.05) is 13.2 Å². The van der Waals surface area contributed by atoms with Crippen LogP contribution in [-0.4, -0.2) is 41.0 Å². The van der Waals surface area contributed by atoms with E-state index in [1.165, 1.54) is 0 Å². The molecule has 0 N–H and O–H groups in total. The number of pyridine rings is 1. The molecule has 0 radical (unpaired) electrons. The molecule has 3 heterocycles. The zero-order chi connectivity index (χ0) is 22.1. The molecule has 2 aliphatic rings. The second-order valence-electron chi connectivity index (χ2n) is 8.52. The van der Waals surface area contributed by atoms with Gasteiger partial charge in [0, 0.05) is 18.0 Å². The van der Waals surface area contributed by atoms with Gasteiger partial charge in [0.1, 0.15) is 5.76 Å². The average molecular weight is 431 g/mol. The summed E-state index contributed by atoms with van der Waals surface area (Å²) >= 11 is 0. The lowest BCUT2D eigenvalue weighted by molar-refractivity contribution is -0.137. The van der Waals surface area contributed by atoms with Crippen molar-refractivity contribution in [3.05, 3.63) is 65.2 Å². The summed E-state index contributed by atoms with van der Waals surface area (Å²) in [6.45, 7) is 2.55. The SMILES string of the molecule is CC1CCCCN1C(=O)COC(=O)c1c2c(nc3ccccc13)/C(=C/c1ccco1)CC2. The van der Waals surface area contributed by atoms with E-state index in [1.807, 2.05) is 47.4 Å². The summed E-state index contributed by atoms with van der Waals surface area (Å²) < 4.78 is 11.0. The van der Waals surface area contributed by atoms with Crippen LogP contribution in [0.25, 0.3) is 22.6 Å². The third-order valence-electron chi connectivity index (χ3n) is 6.46. The average Bonchev–Trinajstić information content (AvgIpc) is 3.46. The van der Waals surface area contributed by atoms with Gasteiger partial charge in [-0.2, -0.15) is 0 Å². The number of esters is 1. The number of amides is 1. The molecule has 1 saturated heterocycles. The van der Waals surface area contributed by atoms with E-state index in [4.69, 9.17) is 14.1 Å². The van der Waals surface area contributed by atoms with Crippen molar-refractivity contribution >= 4 is 34.4 Å². The van der Waals surface area contributed by atoms with E-state index in [9.17, 15) is 9.59 Å². The Hall–Kier alpha value is -3.41. The van der Waals surface area contributed by atoms with Crippen molar-refractivity contribution < 1.29 is 18.7 Å². The largest absolute Gasteiger partial charge is 0.465 e. The first kappa shape index (κ1) is 20.5. The number of benzene rings is 1. The van der Waals surface area contributed by atoms with Gasteiger partial charge in [-0.1, -0.05) is 18.2 Å². The van der Waals surface area contributed by atoms with Crippen LogP contribution in [0.5, 0.6) is 0 Å². The summed E-state index contributed by atoms with van der Waals surface area (Å²) in [6, 6.07) is 11.5. The summed E-state index contributed by atoms with van der Waals surface area (Å²) in [5.41, 5.74) is 3.98. The van der Waals surface area contributed by atoms with Crippen molar-refractivity contribution in [1.29, 1.82) is 0 Å². The summed E-state index contributed by atoms with van der Waals surface area (Å²) in [5, 5.41) is 0.759. The molecule has 32 heavy (non-hydrogen) atoms. The predicted molar refractivity (Wildman–Crippen MR) is 122 cm³/mol. The Labute approximate surface area is 186 Å². The Morgan fingerprint density at radius 3 is 2.88 bits per heavy atom. The quantitative estimate of drug-likeness (QED) is 0.552. The molecule has 164 valence electrons. The van der Waals surface area contributed by atoms with Gasteiger partial charge in [0.05, 0.1) is 23.0 Å². The highest BCUT2D eigenvalue weighted by Gasteiger charge is 2.29. The Bertz CT molecular complexity index is 1200. The maximum Gasteiger partial charge on any atom is 0.339 e. The Kier molecular flexibility index (Phi) is 5.52. The molecule has 1 aliphatic carbocycles. The highest BCUT2D eigenvalue weighted by atomic mass is 16.5. The van der Waals surface area contributed by atoms with Crippen molar-refractivity contribution in [3.63, 3.8) is 0 Å². The number of carbonyl (C=O) groups excluding carboxylic acids is 2. The highest BCUT2D eigenvalue weighted by Crippen LogP contribution is 2.37. The van der Waals surface area contributed by atoms with Crippen molar-refractivity contribution in [2.45, 2.75) is 45.1 Å². The number of piperidine rings is 1. The van der Waals surface area contributed by atoms with Crippen molar-refractivity contribution in [2.24, 2.45) is 0 Å². The van der Waals surface area contributed by atoms with Crippen LogP contribution in [0.3, 0.4) is 0 Å². The molecule has 1 fully saturated rings. The van der Waals surface area contributed by atoms with Gasteiger partial charge in [0.2, 0.25) is 0 Å². The van der Waals surface area contributed by atoms with Gasteiger partial charge in [-0.15, -0.1) is 0 Å². The molecular weight excluding hydrogens is 404 g/mol. The van der Waals surface area contributed by atoms with Crippen LogP contribution < -0.4 is 0 Å². The standard InChI is InChI=1S/C26H26N2O4/c1-17-7-4-5-13-28(17)23(29)16-32-26(30)24-20-9-2-3-10-22(20)27-25-18(11-12-21(24)25)15-19-8-6-14-31-19/h2-3,6,8-10,14-15,17H,4-5,7,11-13,16H2,1H3/b18-15+. The van der Waals surface area contributed by atoms with Gasteiger partial charge in [0.15, 0.2) is 6.61 Å². The normalized spacial score (nSPS) is 19.3. The van der Waals surface area contributed by atoms with Gasteiger partial charge in [0.25, 0.3) is 5.91 Å². The van der Waals surface area contributed by atoms with E-state index in [-0.39, 0.29) is 18.6 Å². The smallest absolute Gasteiger partial charge is 0.339 e. The highest BCUT2D eigenvalue weighted by molar-refractivity contribution is 6.07. The van der Waals surface area contributed by atoms with E-state index in [2.05, 4.69) is 6.92 Å². The fourth-order valence-electron chi connectivity index (χ4n) is 4.81. The first-order valence-corrected chi connectivity index (χ1v) is 11.2. The number of likely N-dealkylation sites (tertiary alicyclic amines) is 1. The molecule has 3 aromatic rings. The molecule has 1 unspecified atom stereocenters. The van der Waals surface area contributed by atoms with Crippen LogP contribution in [0.15, 0.2) is 47.1 Å². The molecule has 5 rings (SSSR count). The topological polar surface area (TPSA) is 72.6 Å². The molecule has 6 nitrogen and oxygen atoms in total. The molecule has 6 heteroatoms. The third-order valence-corrected chi connectivity index (χ3v) is 6.46. The Morgan fingerprint density at radius 2 is 2.06 bits per heavy atom. The second-order valence-corrected chi connectivity index (χ2v) is 8.52. The van der Waals surface area contributed by atoms with Crippen LogP contribution in [0.4, 0.5) is 0 Å². The number of allylic oxidation sites excluding steroid dienone is 1. The lowest BCUT2D eigenvalue weighted by Gasteiger charge is -2.33. The maximum atomic E-state index is 13.3. The molecule has 0 bridgehead atoms. The van der Waals surface area contributed by atoms with E-state index in [0.717, 1.165) is 65.7 Å². The molecule has 1 aliphatic heterocycles. The number of furan rings is 1. The number of ether oxygens (including phenoxy) is 1. The molecular formula is C26H26N2O4. The molecule has 0 spiro atoms. The zero-order valence-electron chi connectivity index (χ0n) is 18.2. The van der Waals surface area contributed by atoms with E-state index in [1.54, 1.807) is 6.26 Å². The van der Waals surface area contributed by atoms with Crippen LogP contribution in [0, 0.1) is 0 Å². The van der Waals surface area contributed by atoms with Gasteiger partial charge < -0.3 is 14.1 Å². The van der Waals surface area contributed by atoms with Gasteiger partial charge in [-0.3, -0.25) is 4.79 Å². The Balaban J connectivity index is 1.46. The minimum Gasteiger partial charge on any atom is -0.465 e. The summed E-state index contributed by atoms with van der Waals surface area (Å²) in [5.74, 6) is 0.171. The lowest BCUT2D eigenvalue weighted by atomic mass is 10.0. The summed E-state index contributed by atoms with van der Waals surface area (Å²) in [7, 11) is 0. The zero-order valence-corrected chi connectivity index (χ0v) is 18.2. The van der Waals surface area contributed by atoms with E-state index >= 15 is 0 Å². The first-order chi connectivity index (χ1) is 15.6. The number of aromatic nitrogens is 1. The number of nitrogens with zero attached hydrogens (tertiary/aromatic N) is 2. The monoisotopic (exact) mass is 430 g/mol. The number of fused-ring (bicyclic) bond motifs is 2. The van der Waals surface area contributed by atoms with Gasteiger partial charge >= 0.3 is 5.97 Å². The van der Waals surface area contributed by atoms with Crippen LogP contribution in [-0.2, 0) is 16.0 Å². The minimum atomic E-state index is -0.461. The first-order valence-electron chi connectivity index (χ1n) is 11.2. The van der Waals surface area contributed by atoms with Gasteiger partial charge in [-0.25, -0.2) is 9.78 Å². The molecule has 1 amide bonds. The maximum absolute atomic E-state index is 13.3. The van der Waals surface area contributed by atoms with Crippen molar-refractivity contribution in [1.82, 2.24) is 9.88 Å². The number of hydrogen-bond donors (Lipinski definition) is 0. The molecule has 1 atom stereocenters. The van der Waals surface area contributed by atoms with Gasteiger partial charge in [-0.05, 0) is 74.4 Å². The summed E-state index contributed by atoms with van der Waals surface area (Å²) in [6.07, 6.45) is 8.20. The molecule has 1 aromatic carbocycles. The predicted octanol–water partition coefficient (Wildman–Crippen LogP) is 4.87. The van der Waals surface area contributed by atoms with E-state index in [0.29, 0.717) is 12.0 Å². The number of hydrogen-bond acceptors (Lipinski definition) is 5. The fourth-order valence-corrected chi connectivity index (χ4v) is 4.81. The van der Waals surface area contributed by atoms with Crippen LogP contribution in [0.2, 0.25) is 0 Å². The fraction of sp³-hybridized carbons (Fsp3) is 0.346. The van der Waals surface area contributed by atoms with Crippen LogP contribution in [0.1, 0.15) is 60.0 Å². The number of para-hydroxylation sites is 1. The lowest BCUT2D eigenvalue weighted by Crippen LogP contribution is -2.44. The Morgan fingerprint density at radius 1 is 1.19 bits per heavy atom. The molecule has 2 aromatic heterocycles. The summed E-state index contributed by atoms with van der Waals surface area (Å²) in [4.78, 5) is 32.6. The van der Waals surface area contributed by atoms with Crippen LogP contribution >= 0.6 is 0 Å². The molecule has 0 saturated carbocycles.